The predicted octanol–water partition coefficient (Wildman–Crippen LogP) is 3.40. The molecule has 0 atom stereocenters. The van der Waals surface area contributed by atoms with E-state index in [1.54, 1.807) is 0 Å². The van der Waals surface area contributed by atoms with Crippen molar-refractivity contribution in [3.8, 4) is 5.88 Å². The van der Waals surface area contributed by atoms with Crippen LogP contribution in [0.4, 0.5) is 11.5 Å². The summed E-state index contributed by atoms with van der Waals surface area (Å²) in [7, 11) is 0. The van der Waals surface area contributed by atoms with E-state index in [9.17, 15) is 0 Å². The topological polar surface area (TPSA) is 73.1 Å². The molecule has 1 aromatic rings. The zero-order chi connectivity index (χ0) is 15.2. The van der Waals surface area contributed by atoms with Gasteiger partial charge in [-0.15, -0.1) is 0 Å². The van der Waals surface area contributed by atoms with E-state index in [-0.39, 0.29) is 0 Å². The van der Waals surface area contributed by atoms with Crippen LogP contribution < -0.4 is 15.8 Å². The van der Waals surface area contributed by atoms with Gasteiger partial charge in [0.2, 0.25) is 5.88 Å². The molecule has 0 unspecified atom stereocenters. The SMILES string of the molecule is CCCc1nc(NC2CCCC2)c(N)c(OCC(C)C)n1. The first-order valence-electron chi connectivity index (χ1n) is 8.15. The van der Waals surface area contributed by atoms with Crippen molar-refractivity contribution in [3.63, 3.8) is 0 Å². The zero-order valence-corrected chi connectivity index (χ0v) is 13.5. The number of hydrogen-bond acceptors (Lipinski definition) is 5. The van der Waals surface area contributed by atoms with Gasteiger partial charge in [0, 0.05) is 12.5 Å². The summed E-state index contributed by atoms with van der Waals surface area (Å²) in [6, 6.07) is 0.481. The Labute approximate surface area is 127 Å². The number of aromatic nitrogens is 2. The molecule has 0 saturated heterocycles. The molecular formula is C16H28N4O. The molecule has 2 rings (SSSR count). The summed E-state index contributed by atoms with van der Waals surface area (Å²) < 4.78 is 5.77. The molecule has 3 N–H and O–H groups in total. The van der Waals surface area contributed by atoms with Gasteiger partial charge in [-0.05, 0) is 25.2 Å². The Balaban J connectivity index is 2.19. The van der Waals surface area contributed by atoms with E-state index in [1.807, 2.05) is 0 Å². The maximum absolute atomic E-state index is 6.20. The van der Waals surface area contributed by atoms with Crippen LogP contribution in [0.25, 0.3) is 0 Å². The molecule has 0 bridgehead atoms. The van der Waals surface area contributed by atoms with Crippen molar-refractivity contribution in [1.29, 1.82) is 0 Å². The molecule has 1 aliphatic rings. The monoisotopic (exact) mass is 292 g/mol. The number of aryl methyl sites for hydroxylation is 1. The predicted molar refractivity (Wildman–Crippen MR) is 86.7 cm³/mol. The van der Waals surface area contributed by atoms with E-state index in [0.29, 0.717) is 30.1 Å². The first-order valence-corrected chi connectivity index (χ1v) is 8.15. The number of rotatable bonds is 7. The van der Waals surface area contributed by atoms with Crippen LogP contribution in [0.5, 0.6) is 5.88 Å². The zero-order valence-electron chi connectivity index (χ0n) is 13.5. The summed E-state index contributed by atoms with van der Waals surface area (Å²) in [5.74, 6) is 2.54. The minimum atomic E-state index is 0.445. The lowest BCUT2D eigenvalue weighted by Crippen LogP contribution is -2.19. The van der Waals surface area contributed by atoms with Crippen LogP contribution in [0.3, 0.4) is 0 Å². The minimum absolute atomic E-state index is 0.445. The molecule has 0 radical (unpaired) electrons. The summed E-state index contributed by atoms with van der Waals surface area (Å²) in [6.07, 6.45) is 6.79. The lowest BCUT2D eigenvalue weighted by Gasteiger charge is -2.18. The van der Waals surface area contributed by atoms with E-state index in [0.717, 1.165) is 24.5 Å². The van der Waals surface area contributed by atoms with Gasteiger partial charge in [0.15, 0.2) is 5.82 Å². The molecule has 1 fully saturated rings. The van der Waals surface area contributed by atoms with Gasteiger partial charge in [0.05, 0.1) is 6.61 Å². The van der Waals surface area contributed by atoms with E-state index >= 15 is 0 Å². The minimum Gasteiger partial charge on any atom is -0.476 e. The molecule has 0 amide bonds. The average Bonchev–Trinajstić information content (AvgIpc) is 2.94. The highest BCUT2D eigenvalue weighted by Crippen LogP contribution is 2.30. The summed E-state index contributed by atoms with van der Waals surface area (Å²) in [5.41, 5.74) is 6.74. The van der Waals surface area contributed by atoms with Gasteiger partial charge in [-0.25, -0.2) is 4.98 Å². The second kappa shape index (κ2) is 7.48. The fourth-order valence-electron chi connectivity index (χ4n) is 2.56. The van der Waals surface area contributed by atoms with Gasteiger partial charge < -0.3 is 15.8 Å². The van der Waals surface area contributed by atoms with Crippen LogP contribution in [0.15, 0.2) is 0 Å². The lowest BCUT2D eigenvalue weighted by atomic mass is 10.2. The van der Waals surface area contributed by atoms with E-state index in [1.165, 1.54) is 25.7 Å². The second-order valence-corrected chi connectivity index (χ2v) is 6.29. The Kier molecular flexibility index (Phi) is 5.65. The van der Waals surface area contributed by atoms with Crippen LogP contribution in [0.1, 0.15) is 58.7 Å². The van der Waals surface area contributed by atoms with Crippen LogP contribution in [0.2, 0.25) is 0 Å². The van der Waals surface area contributed by atoms with Crippen molar-refractivity contribution in [2.45, 2.75) is 65.3 Å². The molecule has 1 heterocycles. The number of hydrogen-bond donors (Lipinski definition) is 2. The third-order valence-electron chi connectivity index (χ3n) is 3.68. The van der Waals surface area contributed by atoms with Crippen molar-refractivity contribution >= 4 is 11.5 Å². The molecule has 0 spiro atoms. The van der Waals surface area contributed by atoms with Gasteiger partial charge in [-0.1, -0.05) is 33.6 Å². The maximum atomic E-state index is 6.20. The second-order valence-electron chi connectivity index (χ2n) is 6.29. The van der Waals surface area contributed by atoms with Gasteiger partial charge in [0.1, 0.15) is 11.5 Å². The van der Waals surface area contributed by atoms with Crippen LogP contribution >= 0.6 is 0 Å². The Bertz CT molecular complexity index is 456. The molecule has 1 aliphatic carbocycles. The Hall–Kier alpha value is -1.52. The van der Waals surface area contributed by atoms with E-state index in [2.05, 4.69) is 36.1 Å². The first-order chi connectivity index (χ1) is 10.1. The molecule has 5 heteroatoms. The average molecular weight is 292 g/mol. The van der Waals surface area contributed by atoms with E-state index < -0.39 is 0 Å². The Morgan fingerprint density at radius 2 is 2.00 bits per heavy atom. The largest absolute Gasteiger partial charge is 0.476 e. The van der Waals surface area contributed by atoms with Crippen molar-refractivity contribution in [1.82, 2.24) is 9.97 Å². The van der Waals surface area contributed by atoms with Crippen molar-refractivity contribution in [3.05, 3.63) is 5.82 Å². The van der Waals surface area contributed by atoms with Crippen molar-refractivity contribution in [2.24, 2.45) is 5.92 Å². The molecule has 1 saturated carbocycles. The smallest absolute Gasteiger partial charge is 0.242 e. The third-order valence-corrected chi connectivity index (χ3v) is 3.68. The number of nitrogen functional groups attached to an aromatic ring is 1. The quantitative estimate of drug-likeness (QED) is 0.805. The Morgan fingerprint density at radius 1 is 1.29 bits per heavy atom. The molecule has 0 aliphatic heterocycles. The van der Waals surface area contributed by atoms with E-state index in [4.69, 9.17) is 10.5 Å². The summed E-state index contributed by atoms with van der Waals surface area (Å²) in [6.45, 7) is 6.97. The fourth-order valence-corrected chi connectivity index (χ4v) is 2.56. The maximum Gasteiger partial charge on any atom is 0.242 e. The van der Waals surface area contributed by atoms with Gasteiger partial charge in [-0.3, -0.25) is 0 Å². The summed E-state index contributed by atoms with van der Waals surface area (Å²) in [5, 5.41) is 3.48. The fraction of sp³-hybridized carbons (Fsp3) is 0.750. The standard InChI is InChI=1S/C16H28N4O/c1-4-7-13-19-15(18-12-8-5-6-9-12)14(17)16(20-13)21-10-11(2)3/h11-12H,4-10,17H2,1-3H3,(H,18,19,20). The Morgan fingerprint density at radius 3 is 2.62 bits per heavy atom. The van der Waals surface area contributed by atoms with Crippen LogP contribution in [-0.2, 0) is 6.42 Å². The number of nitrogens with two attached hydrogens (primary N) is 1. The number of nitrogens with one attached hydrogen (secondary N) is 1. The highest BCUT2D eigenvalue weighted by atomic mass is 16.5. The number of ether oxygens (including phenoxy) is 1. The molecule has 118 valence electrons. The van der Waals surface area contributed by atoms with Crippen molar-refractivity contribution in [2.75, 3.05) is 17.7 Å². The van der Waals surface area contributed by atoms with Crippen molar-refractivity contribution < 1.29 is 4.74 Å². The van der Waals surface area contributed by atoms with Gasteiger partial charge >= 0.3 is 0 Å². The third kappa shape index (κ3) is 4.48. The summed E-state index contributed by atoms with van der Waals surface area (Å²) in [4.78, 5) is 9.06. The molecule has 21 heavy (non-hydrogen) atoms. The highest BCUT2D eigenvalue weighted by Gasteiger charge is 2.19. The van der Waals surface area contributed by atoms with Gasteiger partial charge in [-0.2, -0.15) is 4.98 Å². The lowest BCUT2D eigenvalue weighted by molar-refractivity contribution is 0.262. The highest BCUT2D eigenvalue weighted by molar-refractivity contribution is 5.67. The number of anilines is 2. The number of nitrogens with zero attached hydrogens (tertiary/aromatic N) is 2. The first kappa shape index (κ1) is 15.9. The molecule has 5 nitrogen and oxygen atoms in total. The van der Waals surface area contributed by atoms with Crippen LogP contribution in [-0.4, -0.2) is 22.6 Å². The molecule has 1 aromatic heterocycles. The summed E-state index contributed by atoms with van der Waals surface area (Å²) >= 11 is 0. The molecular weight excluding hydrogens is 264 g/mol. The molecule has 0 aromatic carbocycles. The van der Waals surface area contributed by atoms with Gasteiger partial charge in [0.25, 0.3) is 0 Å². The van der Waals surface area contributed by atoms with Crippen LogP contribution in [0, 0.1) is 5.92 Å². The normalized spacial score (nSPS) is 15.6.